The first-order valence-corrected chi connectivity index (χ1v) is 10.3. The van der Waals surface area contributed by atoms with Crippen molar-refractivity contribution >= 4 is 17.1 Å². The maximum Gasteiger partial charge on any atom is 0.410 e. The standard InChI is InChI=1S/C21H27N5O4/c1-21(2,3)29-20(27)26-10-6-15(7-11-26)23-9-5-18-24-19(30-25-18)17-12-14-13-22-8-4-16(14)28-17/h4,8,12-13,15,23H,5-7,9-11H2,1-3H3. The lowest BCUT2D eigenvalue weighted by Gasteiger charge is -2.33. The monoisotopic (exact) mass is 413 g/mol. The van der Waals surface area contributed by atoms with Crippen LogP contribution in [0.3, 0.4) is 0 Å². The molecule has 1 amide bonds. The summed E-state index contributed by atoms with van der Waals surface area (Å²) in [5, 5.41) is 8.45. The van der Waals surface area contributed by atoms with Gasteiger partial charge >= 0.3 is 6.09 Å². The van der Waals surface area contributed by atoms with Crippen molar-refractivity contribution in [2.24, 2.45) is 0 Å². The highest BCUT2D eigenvalue weighted by molar-refractivity contribution is 5.80. The molecule has 9 heteroatoms. The van der Waals surface area contributed by atoms with Gasteiger partial charge in [0.25, 0.3) is 5.89 Å². The van der Waals surface area contributed by atoms with Crippen LogP contribution in [0.4, 0.5) is 4.79 Å². The summed E-state index contributed by atoms with van der Waals surface area (Å²) in [5.41, 5.74) is 0.272. The summed E-state index contributed by atoms with van der Waals surface area (Å²) >= 11 is 0. The molecule has 3 aromatic rings. The number of rotatable bonds is 5. The van der Waals surface area contributed by atoms with E-state index in [-0.39, 0.29) is 6.09 Å². The van der Waals surface area contributed by atoms with E-state index in [1.807, 2.05) is 26.8 Å². The van der Waals surface area contributed by atoms with E-state index in [4.69, 9.17) is 13.7 Å². The number of fused-ring (bicyclic) bond motifs is 1. The number of nitrogens with one attached hydrogen (secondary N) is 1. The fraction of sp³-hybridized carbons (Fsp3) is 0.524. The zero-order chi connectivity index (χ0) is 21.1. The molecule has 4 rings (SSSR count). The van der Waals surface area contributed by atoms with E-state index >= 15 is 0 Å². The predicted octanol–water partition coefficient (Wildman–Crippen LogP) is 3.41. The number of likely N-dealkylation sites (tertiary alicyclic amines) is 1. The number of piperidine rings is 1. The molecule has 1 aliphatic rings. The minimum absolute atomic E-state index is 0.235. The number of pyridine rings is 1. The van der Waals surface area contributed by atoms with Gasteiger partial charge in [-0.3, -0.25) is 4.98 Å². The lowest BCUT2D eigenvalue weighted by atomic mass is 10.1. The fourth-order valence-corrected chi connectivity index (χ4v) is 3.43. The zero-order valence-corrected chi connectivity index (χ0v) is 17.6. The minimum atomic E-state index is -0.463. The first-order chi connectivity index (χ1) is 14.4. The van der Waals surface area contributed by atoms with Gasteiger partial charge in [-0.25, -0.2) is 4.79 Å². The zero-order valence-electron chi connectivity index (χ0n) is 17.6. The Hall–Kier alpha value is -2.94. The average molecular weight is 413 g/mol. The maximum absolute atomic E-state index is 12.1. The first kappa shape index (κ1) is 20.3. The Balaban J connectivity index is 1.23. The van der Waals surface area contributed by atoms with Crippen molar-refractivity contribution in [1.29, 1.82) is 0 Å². The van der Waals surface area contributed by atoms with Gasteiger partial charge in [0.1, 0.15) is 11.2 Å². The Morgan fingerprint density at radius 3 is 2.87 bits per heavy atom. The van der Waals surface area contributed by atoms with Gasteiger partial charge in [-0.2, -0.15) is 4.98 Å². The number of hydrogen-bond donors (Lipinski definition) is 1. The number of carbonyl (C=O) groups excluding carboxylic acids is 1. The molecule has 4 heterocycles. The van der Waals surface area contributed by atoms with Crippen LogP contribution in [-0.4, -0.2) is 57.4 Å². The fourth-order valence-electron chi connectivity index (χ4n) is 3.43. The van der Waals surface area contributed by atoms with Gasteiger partial charge in [-0.1, -0.05) is 5.16 Å². The topological polar surface area (TPSA) is 107 Å². The number of hydrogen-bond acceptors (Lipinski definition) is 8. The molecule has 0 radical (unpaired) electrons. The molecule has 1 saturated heterocycles. The highest BCUT2D eigenvalue weighted by Gasteiger charge is 2.26. The molecule has 1 aliphatic heterocycles. The van der Waals surface area contributed by atoms with E-state index in [0.717, 1.165) is 30.4 Å². The van der Waals surface area contributed by atoms with Gasteiger partial charge in [0.2, 0.25) is 0 Å². The van der Waals surface area contributed by atoms with Gasteiger partial charge in [0.05, 0.1) is 0 Å². The second-order valence-corrected chi connectivity index (χ2v) is 8.49. The van der Waals surface area contributed by atoms with E-state index in [2.05, 4.69) is 20.4 Å². The summed E-state index contributed by atoms with van der Waals surface area (Å²) in [6.07, 6.45) is 5.61. The molecule has 0 spiro atoms. The lowest BCUT2D eigenvalue weighted by molar-refractivity contribution is 0.0198. The van der Waals surface area contributed by atoms with Gasteiger partial charge in [-0.05, 0) is 45.7 Å². The molecule has 30 heavy (non-hydrogen) atoms. The van der Waals surface area contributed by atoms with Crippen molar-refractivity contribution in [2.75, 3.05) is 19.6 Å². The molecule has 0 unspecified atom stereocenters. The summed E-state index contributed by atoms with van der Waals surface area (Å²) in [5.74, 6) is 1.54. The number of nitrogens with zero attached hydrogens (tertiary/aromatic N) is 4. The van der Waals surface area contributed by atoms with Crippen LogP contribution in [0.2, 0.25) is 0 Å². The Morgan fingerprint density at radius 1 is 1.33 bits per heavy atom. The van der Waals surface area contributed by atoms with Gasteiger partial charge in [-0.15, -0.1) is 0 Å². The van der Waals surface area contributed by atoms with Crippen molar-refractivity contribution in [1.82, 2.24) is 25.3 Å². The van der Waals surface area contributed by atoms with Crippen molar-refractivity contribution in [3.8, 4) is 11.7 Å². The third-order valence-corrected chi connectivity index (χ3v) is 4.92. The SMILES string of the molecule is CC(C)(C)OC(=O)N1CCC(NCCc2noc(-c3cc4cnccc4o3)n2)CC1. The molecule has 0 bridgehead atoms. The number of carbonyl (C=O) groups is 1. The van der Waals surface area contributed by atoms with Crippen molar-refractivity contribution in [3.63, 3.8) is 0 Å². The summed E-state index contributed by atoms with van der Waals surface area (Å²) in [6.45, 7) is 7.77. The van der Waals surface area contributed by atoms with Gasteiger partial charge < -0.3 is 23.9 Å². The van der Waals surface area contributed by atoms with Crippen molar-refractivity contribution in [3.05, 3.63) is 30.4 Å². The molecule has 1 fully saturated rings. The predicted molar refractivity (Wildman–Crippen MR) is 110 cm³/mol. The van der Waals surface area contributed by atoms with Gasteiger partial charge in [0, 0.05) is 49.9 Å². The quantitative estimate of drug-likeness (QED) is 0.678. The van der Waals surface area contributed by atoms with E-state index in [9.17, 15) is 4.79 Å². The van der Waals surface area contributed by atoms with Crippen molar-refractivity contribution in [2.45, 2.75) is 51.7 Å². The average Bonchev–Trinajstić information content (AvgIpc) is 3.34. The molecule has 3 aromatic heterocycles. The third kappa shape index (κ3) is 4.96. The van der Waals surface area contributed by atoms with Crippen LogP contribution in [-0.2, 0) is 11.2 Å². The van der Waals surface area contributed by atoms with E-state index < -0.39 is 5.60 Å². The van der Waals surface area contributed by atoms with E-state index in [1.54, 1.807) is 23.4 Å². The molecule has 0 atom stereocenters. The highest BCUT2D eigenvalue weighted by Crippen LogP contribution is 2.25. The van der Waals surface area contributed by atoms with Crippen LogP contribution in [0.1, 0.15) is 39.4 Å². The number of amides is 1. The Labute approximate surface area is 174 Å². The summed E-state index contributed by atoms with van der Waals surface area (Å²) in [4.78, 5) is 22.4. The molecule has 0 aliphatic carbocycles. The van der Waals surface area contributed by atoms with Gasteiger partial charge in [0.15, 0.2) is 11.6 Å². The summed E-state index contributed by atoms with van der Waals surface area (Å²) in [7, 11) is 0. The Bertz CT molecular complexity index is 965. The number of aromatic nitrogens is 3. The minimum Gasteiger partial charge on any atom is -0.451 e. The van der Waals surface area contributed by atoms with Crippen LogP contribution in [0, 0.1) is 0 Å². The van der Waals surface area contributed by atoms with Crippen LogP contribution in [0.15, 0.2) is 33.5 Å². The molecule has 0 saturated carbocycles. The molecule has 9 nitrogen and oxygen atoms in total. The highest BCUT2D eigenvalue weighted by atomic mass is 16.6. The lowest BCUT2D eigenvalue weighted by Crippen LogP contribution is -2.46. The smallest absolute Gasteiger partial charge is 0.410 e. The van der Waals surface area contributed by atoms with Crippen LogP contribution >= 0.6 is 0 Å². The largest absolute Gasteiger partial charge is 0.451 e. The number of furan rings is 1. The van der Waals surface area contributed by atoms with E-state index in [1.165, 1.54) is 0 Å². The van der Waals surface area contributed by atoms with Crippen LogP contribution < -0.4 is 5.32 Å². The maximum atomic E-state index is 12.1. The molecular formula is C21H27N5O4. The summed E-state index contributed by atoms with van der Waals surface area (Å²) < 4.78 is 16.5. The third-order valence-electron chi connectivity index (χ3n) is 4.92. The molecule has 1 N–H and O–H groups in total. The summed E-state index contributed by atoms with van der Waals surface area (Å²) in [6, 6.07) is 4.00. The molecule has 0 aromatic carbocycles. The second-order valence-electron chi connectivity index (χ2n) is 8.49. The molecule has 160 valence electrons. The Morgan fingerprint density at radius 2 is 2.13 bits per heavy atom. The second kappa shape index (κ2) is 8.43. The Kier molecular flexibility index (Phi) is 5.72. The van der Waals surface area contributed by atoms with E-state index in [0.29, 0.717) is 43.0 Å². The van der Waals surface area contributed by atoms with Crippen LogP contribution in [0.5, 0.6) is 0 Å². The molecular weight excluding hydrogens is 386 g/mol. The number of ether oxygens (including phenoxy) is 1. The van der Waals surface area contributed by atoms with Crippen LogP contribution in [0.25, 0.3) is 22.6 Å². The first-order valence-electron chi connectivity index (χ1n) is 10.3. The normalized spacial score (nSPS) is 15.6. The van der Waals surface area contributed by atoms with Crippen molar-refractivity contribution < 1.29 is 18.5 Å².